The summed E-state index contributed by atoms with van der Waals surface area (Å²) in [6.07, 6.45) is 2.44. The number of hydrogen-bond acceptors (Lipinski definition) is 5. The van der Waals surface area contributed by atoms with E-state index in [9.17, 15) is 8.42 Å². The summed E-state index contributed by atoms with van der Waals surface area (Å²) in [5.41, 5.74) is 5.98. The summed E-state index contributed by atoms with van der Waals surface area (Å²) in [4.78, 5) is 3.93. The molecule has 1 aliphatic rings. The second-order valence-electron chi connectivity index (χ2n) is 4.59. The van der Waals surface area contributed by atoms with Gasteiger partial charge in [0.15, 0.2) is 9.34 Å². The standard InChI is InChI=1S/C10H17N3O2S2/c1-6(8-3-4-8)5-12-17(14,15)9-7(2)13-10(11)16-9/h6,8,12H,3-5H2,1-2H3,(H2,11,13). The van der Waals surface area contributed by atoms with E-state index in [1.807, 2.05) is 0 Å². The average Bonchev–Trinajstić information content (AvgIpc) is 3.01. The number of aromatic nitrogens is 1. The van der Waals surface area contributed by atoms with Crippen LogP contribution in [-0.4, -0.2) is 19.9 Å². The third kappa shape index (κ3) is 2.97. The Hall–Kier alpha value is -0.660. The number of nitrogen functional groups attached to an aromatic ring is 1. The summed E-state index contributed by atoms with van der Waals surface area (Å²) < 4.78 is 26.9. The van der Waals surface area contributed by atoms with E-state index < -0.39 is 10.0 Å². The summed E-state index contributed by atoms with van der Waals surface area (Å²) in [7, 11) is -3.44. The lowest BCUT2D eigenvalue weighted by Crippen LogP contribution is -2.29. The van der Waals surface area contributed by atoms with Crippen molar-refractivity contribution in [3.63, 3.8) is 0 Å². The monoisotopic (exact) mass is 275 g/mol. The Morgan fingerprint density at radius 3 is 2.71 bits per heavy atom. The van der Waals surface area contributed by atoms with Crippen molar-refractivity contribution in [1.82, 2.24) is 9.71 Å². The molecule has 0 bridgehead atoms. The predicted octanol–water partition coefficient (Wildman–Crippen LogP) is 1.36. The van der Waals surface area contributed by atoms with Crippen molar-refractivity contribution in [1.29, 1.82) is 0 Å². The third-order valence-electron chi connectivity index (χ3n) is 3.04. The third-order valence-corrected chi connectivity index (χ3v) is 6.06. The van der Waals surface area contributed by atoms with Crippen LogP contribution in [0, 0.1) is 18.8 Å². The lowest BCUT2D eigenvalue weighted by Gasteiger charge is -2.11. The number of anilines is 1. The van der Waals surface area contributed by atoms with Crippen LogP contribution in [0.25, 0.3) is 0 Å². The molecule has 0 spiro atoms. The molecule has 1 saturated carbocycles. The summed E-state index contributed by atoms with van der Waals surface area (Å²) in [6, 6.07) is 0. The molecule has 0 aliphatic heterocycles. The van der Waals surface area contributed by atoms with Crippen LogP contribution in [0.5, 0.6) is 0 Å². The maximum atomic E-state index is 12.0. The molecular weight excluding hydrogens is 258 g/mol. The van der Waals surface area contributed by atoms with Crippen LogP contribution in [0.3, 0.4) is 0 Å². The second kappa shape index (κ2) is 4.55. The first-order chi connectivity index (χ1) is 7.90. The smallest absolute Gasteiger partial charge is 0.252 e. The van der Waals surface area contributed by atoms with Gasteiger partial charge in [0.1, 0.15) is 0 Å². The number of aryl methyl sites for hydroxylation is 1. The number of nitrogens with two attached hydrogens (primary N) is 1. The first-order valence-electron chi connectivity index (χ1n) is 5.62. The number of hydrogen-bond donors (Lipinski definition) is 2. The lowest BCUT2D eigenvalue weighted by molar-refractivity contribution is 0.492. The van der Waals surface area contributed by atoms with Crippen molar-refractivity contribution in [3.8, 4) is 0 Å². The van der Waals surface area contributed by atoms with Crippen LogP contribution in [0.1, 0.15) is 25.5 Å². The summed E-state index contributed by atoms with van der Waals surface area (Å²) in [5, 5.41) is 0.290. The summed E-state index contributed by atoms with van der Waals surface area (Å²) in [5.74, 6) is 1.08. The molecule has 1 aromatic heterocycles. The van der Waals surface area contributed by atoms with Gasteiger partial charge in [0.05, 0.1) is 5.69 Å². The Balaban J connectivity index is 2.05. The largest absolute Gasteiger partial charge is 0.375 e. The maximum Gasteiger partial charge on any atom is 0.252 e. The molecular formula is C10H17N3O2S2. The maximum absolute atomic E-state index is 12.0. The van der Waals surface area contributed by atoms with Gasteiger partial charge in [-0.25, -0.2) is 18.1 Å². The van der Waals surface area contributed by atoms with E-state index in [1.165, 1.54) is 12.8 Å². The molecule has 3 N–H and O–H groups in total. The molecule has 17 heavy (non-hydrogen) atoms. The highest BCUT2D eigenvalue weighted by Gasteiger charge is 2.29. The van der Waals surface area contributed by atoms with Crippen LogP contribution in [0.4, 0.5) is 5.13 Å². The minimum absolute atomic E-state index is 0.234. The van der Waals surface area contributed by atoms with E-state index in [0.717, 1.165) is 11.3 Å². The topological polar surface area (TPSA) is 85.1 Å². The average molecular weight is 275 g/mol. The molecule has 2 rings (SSSR count). The van der Waals surface area contributed by atoms with E-state index in [0.29, 0.717) is 24.1 Å². The van der Waals surface area contributed by atoms with Gasteiger partial charge in [-0.15, -0.1) is 0 Å². The SMILES string of the molecule is Cc1nc(N)sc1S(=O)(=O)NCC(C)C1CC1. The highest BCUT2D eigenvalue weighted by Crippen LogP contribution is 2.36. The minimum Gasteiger partial charge on any atom is -0.375 e. The van der Waals surface area contributed by atoms with Gasteiger partial charge in [-0.2, -0.15) is 0 Å². The molecule has 1 aromatic rings. The molecule has 7 heteroatoms. The van der Waals surface area contributed by atoms with E-state index in [1.54, 1.807) is 6.92 Å². The normalized spacial score (nSPS) is 18.2. The van der Waals surface area contributed by atoms with Crippen molar-refractivity contribution < 1.29 is 8.42 Å². The Morgan fingerprint density at radius 1 is 1.59 bits per heavy atom. The Morgan fingerprint density at radius 2 is 2.24 bits per heavy atom. The fraction of sp³-hybridized carbons (Fsp3) is 0.700. The lowest BCUT2D eigenvalue weighted by atomic mass is 10.1. The van der Waals surface area contributed by atoms with Crippen molar-refractivity contribution in [2.24, 2.45) is 11.8 Å². The van der Waals surface area contributed by atoms with Gasteiger partial charge in [-0.3, -0.25) is 0 Å². The van der Waals surface area contributed by atoms with Crippen LogP contribution >= 0.6 is 11.3 Å². The summed E-state index contributed by atoms with van der Waals surface area (Å²) in [6.45, 7) is 4.23. The van der Waals surface area contributed by atoms with Gasteiger partial charge in [0, 0.05) is 6.54 Å². The number of sulfonamides is 1. The number of nitrogens with zero attached hydrogens (tertiary/aromatic N) is 1. The first kappa shape index (κ1) is 12.8. The van der Waals surface area contributed by atoms with E-state index in [2.05, 4.69) is 16.6 Å². The Kier molecular flexibility index (Phi) is 3.42. The first-order valence-corrected chi connectivity index (χ1v) is 7.92. The molecule has 5 nitrogen and oxygen atoms in total. The molecule has 0 amide bonds. The fourth-order valence-electron chi connectivity index (χ4n) is 1.79. The highest BCUT2D eigenvalue weighted by atomic mass is 32.2. The van der Waals surface area contributed by atoms with Crippen LogP contribution in [0.2, 0.25) is 0 Å². The predicted molar refractivity (Wildman–Crippen MR) is 68.3 cm³/mol. The number of rotatable bonds is 5. The second-order valence-corrected chi connectivity index (χ2v) is 7.58. The quantitative estimate of drug-likeness (QED) is 0.849. The van der Waals surface area contributed by atoms with E-state index in [-0.39, 0.29) is 9.34 Å². The molecule has 1 atom stereocenters. The number of nitrogens with one attached hydrogen (secondary N) is 1. The molecule has 96 valence electrons. The fourth-order valence-corrected chi connectivity index (χ4v) is 4.28. The van der Waals surface area contributed by atoms with Gasteiger partial charge in [0.2, 0.25) is 0 Å². The zero-order valence-corrected chi connectivity index (χ0v) is 11.6. The van der Waals surface area contributed by atoms with Crippen molar-refractivity contribution in [3.05, 3.63) is 5.69 Å². The summed E-state index contributed by atoms with van der Waals surface area (Å²) >= 11 is 1.01. The van der Waals surface area contributed by atoms with Crippen molar-refractivity contribution in [2.75, 3.05) is 12.3 Å². The molecule has 0 saturated heterocycles. The molecule has 1 heterocycles. The molecule has 0 aromatic carbocycles. The molecule has 1 aliphatic carbocycles. The van der Waals surface area contributed by atoms with Crippen molar-refractivity contribution >= 4 is 26.5 Å². The van der Waals surface area contributed by atoms with Crippen LogP contribution in [0.15, 0.2) is 4.21 Å². The van der Waals surface area contributed by atoms with Gasteiger partial charge in [-0.05, 0) is 31.6 Å². The van der Waals surface area contributed by atoms with E-state index >= 15 is 0 Å². The minimum atomic E-state index is -3.44. The molecule has 1 unspecified atom stereocenters. The van der Waals surface area contributed by atoms with Crippen molar-refractivity contribution in [2.45, 2.75) is 30.9 Å². The van der Waals surface area contributed by atoms with Gasteiger partial charge in [-0.1, -0.05) is 18.3 Å². The zero-order valence-electron chi connectivity index (χ0n) is 9.93. The van der Waals surface area contributed by atoms with Crippen LogP contribution in [-0.2, 0) is 10.0 Å². The number of thiazole rings is 1. The van der Waals surface area contributed by atoms with Gasteiger partial charge >= 0.3 is 0 Å². The zero-order chi connectivity index (χ0) is 12.6. The molecule has 0 radical (unpaired) electrons. The van der Waals surface area contributed by atoms with Gasteiger partial charge in [0.25, 0.3) is 10.0 Å². The van der Waals surface area contributed by atoms with Gasteiger partial charge < -0.3 is 5.73 Å². The van der Waals surface area contributed by atoms with E-state index in [4.69, 9.17) is 5.73 Å². The van der Waals surface area contributed by atoms with Crippen LogP contribution < -0.4 is 10.5 Å². The highest BCUT2D eigenvalue weighted by molar-refractivity contribution is 7.91. The molecule has 1 fully saturated rings. The Bertz CT molecular complexity index is 506. The Labute approximate surface area is 105 Å².